The SMILES string of the molecule is Cc1nc(CN(C)c2nccc(CCl)c2F)cs1. The third-order valence-corrected chi connectivity index (χ3v) is 3.63. The molecule has 0 aliphatic rings. The van der Waals surface area contributed by atoms with E-state index in [1.54, 1.807) is 35.5 Å². The number of alkyl halides is 1. The predicted molar refractivity (Wildman–Crippen MR) is 72.7 cm³/mol. The maximum Gasteiger partial charge on any atom is 0.170 e. The number of hydrogen-bond donors (Lipinski definition) is 0. The van der Waals surface area contributed by atoms with E-state index < -0.39 is 0 Å². The average Bonchev–Trinajstić information content (AvgIpc) is 2.75. The van der Waals surface area contributed by atoms with Crippen LogP contribution in [0.5, 0.6) is 0 Å². The van der Waals surface area contributed by atoms with E-state index in [1.165, 1.54) is 0 Å². The van der Waals surface area contributed by atoms with E-state index in [4.69, 9.17) is 11.6 Å². The molecule has 0 atom stereocenters. The van der Waals surface area contributed by atoms with Crippen molar-refractivity contribution in [3.63, 3.8) is 0 Å². The van der Waals surface area contributed by atoms with Gasteiger partial charge in [-0.15, -0.1) is 22.9 Å². The maximum atomic E-state index is 14.0. The van der Waals surface area contributed by atoms with Gasteiger partial charge in [0.1, 0.15) is 0 Å². The second kappa shape index (κ2) is 5.63. The van der Waals surface area contributed by atoms with E-state index >= 15 is 0 Å². The predicted octanol–water partition coefficient (Wildman–Crippen LogP) is 3.36. The fraction of sp³-hybridized carbons (Fsp3) is 0.333. The Balaban J connectivity index is 2.21. The normalized spacial score (nSPS) is 10.7. The summed E-state index contributed by atoms with van der Waals surface area (Å²) in [5.41, 5.74) is 1.38. The molecule has 0 spiro atoms. The summed E-state index contributed by atoms with van der Waals surface area (Å²) < 4.78 is 14.0. The Morgan fingerprint density at radius 1 is 1.50 bits per heavy atom. The zero-order valence-electron chi connectivity index (χ0n) is 10.2. The van der Waals surface area contributed by atoms with Crippen molar-refractivity contribution in [2.45, 2.75) is 19.3 Å². The Kier molecular flexibility index (Phi) is 4.14. The zero-order chi connectivity index (χ0) is 13.1. The Bertz CT molecular complexity index is 544. The Morgan fingerprint density at radius 3 is 2.89 bits per heavy atom. The molecule has 0 bridgehead atoms. The molecular weight excluding hydrogens is 273 g/mol. The van der Waals surface area contributed by atoms with Crippen LogP contribution in [0, 0.1) is 12.7 Å². The molecule has 6 heteroatoms. The summed E-state index contributed by atoms with van der Waals surface area (Å²) in [4.78, 5) is 10.1. The first-order valence-corrected chi connectivity index (χ1v) is 6.84. The van der Waals surface area contributed by atoms with Gasteiger partial charge >= 0.3 is 0 Å². The highest BCUT2D eigenvalue weighted by Gasteiger charge is 2.14. The maximum absolute atomic E-state index is 14.0. The molecule has 2 aromatic rings. The fourth-order valence-electron chi connectivity index (χ4n) is 1.64. The highest BCUT2D eigenvalue weighted by molar-refractivity contribution is 7.09. The van der Waals surface area contributed by atoms with Gasteiger partial charge < -0.3 is 4.90 Å². The van der Waals surface area contributed by atoms with E-state index in [2.05, 4.69) is 9.97 Å². The number of pyridine rings is 1. The number of halogens is 2. The van der Waals surface area contributed by atoms with Crippen LogP contribution in [0.1, 0.15) is 16.3 Å². The first-order chi connectivity index (χ1) is 8.61. The molecule has 0 aliphatic carbocycles. The number of aromatic nitrogens is 2. The van der Waals surface area contributed by atoms with Crippen LogP contribution < -0.4 is 4.90 Å². The monoisotopic (exact) mass is 285 g/mol. The van der Waals surface area contributed by atoms with Crippen molar-refractivity contribution in [1.82, 2.24) is 9.97 Å². The van der Waals surface area contributed by atoms with Gasteiger partial charge in [0.15, 0.2) is 11.6 Å². The first kappa shape index (κ1) is 13.2. The van der Waals surface area contributed by atoms with Gasteiger partial charge in [0.2, 0.25) is 0 Å². The van der Waals surface area contributed by atoms with Gasteiger partial charge in [0.05, 0.1) is 23.1 Å². The minimum absolute atomic E-state index is 0.144. The van der Waals surface area contributed by atoms with E-state index in [9.17, 15) is 4.39 Å². The molecule has 0 aliphatic heterocycles. The first-order valence-electron chi connectivity index (χ1n) is 5.43. The van der Waals surface area contributed by atoms with E-state index in [1.807, 2.05) is 12.3 Å². The van der Waals surface area contributed by atoms with E-state index in [0.717, 1.165) is 10.7 Å². The molecule has 2 rings (SSSR count). The van der Waals surface area contributed by atoms with E-state index in [0.29, 0.717) is 17.9 Å². The highest BCUT2D eigenvalue weighted by atomic mass is 35.5. The van der Waals surface area contributed by atoms with Crippen molar-refractivity contribution in [2.75, 3.05) is 11.9 Å². The molecule has 3 nitrogen and oxygen atoms in total. The molecule has 96 valence electrons. The molecule has 0 amide bonds. The summed E-state index contributed by atoms with van der Waals surface area (Å²) in [6, 6.07) is 1.59. The lowest BCUT2D eigenvalue weighted by Gasteiger charge is -2.18. The summed E-state index contributed by atoms with van der Waals surface area (Å²) in [7, 11) is 1.79. The lowest BCUT2D eigenvalue weighted by Crippen LogP contribution is -2.19. The summed E-state index contributed by atoms with van der Waals surface area (Å²) >= 11 is 7.26. The summed E-state index contributed by atoms with van der Waals surface area (Å²) in [6.07, 6.45) is 1.57. The lowest BCUT2D eigenvalue weighted by molar-refractivity contribution is 0.604. The molecule has 0 saturated heterocycles. The van der Waals surface area contributed by atoms with Crippen molar-refractivity contribution < 1.29 is 4.39 Å². The lowest BCUT2D eigenvalue weighted by atomic mass is 10.2. The largest absolute Gasteiger partial charge is 0.351 e. The van der Waals surface area contributed by atoms with Crippen molar-refractivity contribution in [2.24, 2.45) is 0 Å². The molecule has 0 unspecified atom stereocenters. The fourth-order valence-corrected chi connectivity index (χ4v) is 2.45. The van der Waals surface area contributed by atoms with Crippen molar-refractivity contribution >= 4 is 28.8 Å². The van der Waals surface area contributed by atoms with Gasteiger partial charge in [-0.2, -0.15) is 0 Å². The van der Waals surface area contributed by atoms with Gasteiger partial charge in [-0.1, -0.05) is 0 Å². The quantitative estimate of drug-likeness (QED) is 0.807. The molecule has 0 saturated carbocycles. The van der Waals surface area contributed by atoms with Crippen molar-refractivity contribution in [1.29, 1.82) is 0 Å². The number of nitrogens with zero attached hydrogens (tertiary/aromatic N) is 3. The number of rotatable bonds is 4. The van der Waals surface area contributed by atoms with Crippen molar-refractivity contribution in [3.8, 4) is 0 Å². The molecule has 2 aromatic heterocycles. The topological polar surface area (TPSA) is 29.0 Å². The van der Waals surface area contributed by atoms with Gasteiger partial charge in [0, 0.05) is 24.2 Å². The second-order valence-corrected chi connectivity index (χ2v) is 5.28. The summed E-state index contributed by atoms with van der Waals surface area (Å²) in [6.45, 7) is 2.47. The summed E-state index contributed by atoms with van der Waals surface area (Å²) in [5, 5.41) is 2.97. The molecule has 0 fully saturated rings. The minimum atomic E-state index is -0.359. The van der Waals surface area contributed by atoms with E-state index in [-0.39, 0.29) is 11.7 Å². The zero-order valence-corrected chi connectivity index (χ0v) is 11.7. The molecule has 18 heavy (non-hydrogen) atoms. The second-order valence-electron chi connectivity index (χ2n) is 3.96. The van der Waals surface area contributed by atoms with Gasteiger partial charge in [0.25, 0.3) is 0 Å². The van der Waals surface area contributed by atoms with Crippen LogP contribution >= 0.6 is 22.9 Å². The third kappa shape index (κ3) is 2.79. The Hall–Kier alpha value is -1.20. The van der Waals surface area contributed by atoms with Crippen LogP contribution in [0.2, 0.25) is 0 Å². The molecule has 0 radical (unpaired) electrons. The Morgan fingerprint density at radius 2 is 2.28 bits per heavy atom. The number of thiazole rings is 1. The van der Waals surface area contributed by atoms with Crippen LogP contribution in [0.15, 0.2) is 17.6 Å². The van der Waals surface area contributed by atoms with Crippen LogP contribution in [0.25, 0.3) is 0 Å². The van der Waals surface area contributed by atoms with Crippen LogP contribution in [-0.2, 0) is 12.4 Å². The molecule has 2 heterocycles. The number of aryl methyl sites for hydroxylation is 1. The third-order valence-electron chi connectivity index (χ3n) is 2.52. The average molecular weight is 286 g/mol. The molecule has 0 N–H and O–H groups in total. The van der Waals surface area contributed by atoms with Crippen molar-refractivity contribution in [3.05, 3.63) is 39.7 Å². The molecular formula is C12H13ClFN3S. The smallest absolute Gasteiger partial charge is 0.170 e. The summed E-state index contributed by atoms with van der Waals surface area (Å²) in [5.74, 6) is 0.0890. The van der Waals surface area contributed by atoms with Gasteiger partial charge in [-0.05, 0) is 13.0 Å². The number of anilines is 1. The number of hydrogen-bond acceptors (Lipinski definition) is 4. The Labute approximate surface area is 114 Å². The van der Waals surface area contributed by atoms with Crippen LogP contribution in [-0.4, -0.2) is 17.0 Å². The minimum Gasteiger partial charge on any atom is -0.351 e. The van der Waals surface area contributed by atoms with Gasteiger partial charge in [-0.3, -0.25) is 0 Å². The van der Waals surface area contributed by atoms with Gasteiger partial charge in [-0.25, -0.2) is 14.4 Å². The standard InChI is InChI=1S/C12H13ClFN3S/c1-8-16-10(7-18-8)6-17(2)12-11(14)9(5-13)3-4-15-12/h3-4,7H,5-6H2,1-2H3. The highest BCUT2D eigenvalue weighted by Crippen LogP contribution is 2.21. The van der Waals surface area contributed by atoms with Crippen LogP contribution in [0.4, 0.5) is 10.2 Å². The van der Waals surface area contributed by atoms with Crippen LogP contribution in [0.3, 0.4) is 0 Å². The molecule has 0 aromatic carbocycles.